The SMILES string of the molecule is O[C@@H]1[C@@H](COCc2ccccc2)C[C@H]2OC3(CCCCC3)O[C@H]2[C@H]1OCc1ccccc1. The Balaban J connectivity index is 1.27. The predicted molar refractivity (Wildman–Crippen MR) is 121 cm³/mol. The highest BCUT2D eigenvalue weighted by atomic mass is 16.8. The van der Waals surface area contributed by atoms with E-state index in [1.165, 1.54) is 6.42 Å². The van der Waals surface area contributed by atoms with Gasteiger partial charge in [0.25, 0.3) is 0 Å². The number of rotatable bonds is 7. The first-order chi connectivity index (χ1) is 15.7. The first-order valence-corrected chi connectivity index (χ1v) is 12.0. The molecule has 5 atom stereocenters. The first-order valence-electron chi connectivity index (χ1n) is 12.0. The van der Waals surface area contributed by atoms with Gasteiger partial charge in [0.1, 0.15) is 12.2 Å². The molecule has 3 aliphatic rings. The van der Waals surface area contributed by atoms with Crippen LogP contribution in [-0.4, -0.2) is 41.9 Å². The van der Waals surface area contributed by atoms with Crippen LogP contribution >= 0.6 is 0 Å². The van der Waals surface area contributed by atoms with Crippen molar-refractivity contribution in [2.24, 2.45) is 5.92 Å². The third kappa shape index (κ3) is 4.92. The summed E-state index contributed by atoms with van der Waals surface area (Å²) < 4.78 is 25.4. The lowest BCUT2D eigenvalue weighted by Gasteiger charge is -2.40. The van der Waals surface area contributed by atoms with Crippen LogP contribution in [0.5, 0.6) is 0 Å². The van der Waals surface area contributed by atoms with Gasteiger partial charge < -0.3 is 24.1 Å². The molecule has 1 saturated heterocycles. The van der Waals surface area contributed by atoms with Crippen molar-refractivity contribution in [3.63, 3.8) is 0 Å². The zero-order valence-electron chi connectivity index (χ0n) is 18.6. The van der Waals surface area contributed by atoms with Gasteiger partial charge in [-0.3, -0.25) is 0 Å². The maximum atomic E-state index is 11.3. The van der Waals surface area contributed by atoms with E-state index in [-0.39, 0.29) is 18.1 Å². The van der Waals surface area contributed by atoms with Gasteiger partial charge in [-0.25, -0.2) is 0 Å². The molecule has 1 heterocycles. The predicted octanol–water partition coefficient (Wildman–Crippen LogP) is 4.61. The van der Waals surface area contributed by atoms with Crippen LogP contribution in [-0.2, 0) is 32.2 Å². The minimum absolute atomic E-state index is 0.0527. The summed E-state index contributed by atoms with van der Waals surface area (Å²) in [6, 6.07) is 20.2. The molecule has 172 valence electrons. The normalized spacial score (nSPS) is 31.5. The fraction of sp³-hybridized carbons (Fsp3) is 0.556. The number of hydrogen-bond donors (Lipinski definition) is 1. The Labute approximate surface area is 190 Å². The second-order valence-electron chi connectivity index (χ2n) is 9.46. The molecule has 32 heavy (non-hydrogen) atoms. The van der Waals surface area contributed by atoms with Gasteiger partial charge in [-0.1, -0.05) is 67.1 Å². The van der Waals surface area contributed by atoms with Gasteiger partial charge in [0.2, 0.25) is 0 Å². The fourth-order valence-corrected chi connectivity index (χ4v) is 5.41. The lowest BCUT2D eigenvalue weighted by molar-refractivity contribution is -0.208. The summed E-state index contributed by atoms with van der Waals surface area (Å²) in [6.45, 7) is 1.45. The molecule has 5 rings (SSSR count). The molecule has 2 saturated carbocycles. The molecule has 1 spiro atoms. The third-order valence-electron chi connectivity index (χ3n) is 7.11. The van der Waals surface area contributed by atoms with Crippen LogP contribution in [0.3, 0.4) is 0 Å². The minimum Gasteiger partial charge on any atom is -0.390 e. The molecular weight excluding hydrogens is 404 g/mol. The Morgan fingerprint density at radius 3 is 2.19 bits per heavy atom. The number of fused-ring (bicyclic) bond motifs is 1. The molecule has 1 N–H and O–H groups in total. The van der Waals surface area contributed by atoms with Gasteiger partial charge in [-0.15, -0.1) is 0 Å². The van der Waals surface area contributed by atoms with Crippen molar-refractivity contribution in [3.8, 4) is 0 Å². The number of aliphatic hydroxyl groups excluding tert-OH is 1. The summed E-state index contributed by atoms with van der Waals surface area (Å²) in [5, 5.41) is 11.3. The molecule has 0 aromatic heterocycles. The van der Waals surface area contributed by atoms with Crippen LogP contribution < -0.4 is 0 Å². The number of ether oxygens (including phenoxy) is 4. The maximum absolute atomic E-state index is 11.3. The molecule has 5 nitrogen and oxygen atoms in total. The molecule has 0 unspecified atom stereocenters. The Hall–Kier alpha value is -1.76. The van der Waals surface area contributed by atoms with Crippen LogP contribution in [0.25, 0.3) is 0 Å². The summed E-state index contributed by atoms with van der Waals surface area (Å²) in [5.74, 6) is -0.551. The first kappa shape index (κ1) is 22.1. The van der Waals surface area contributed by atoms with Crippen molar-refractivity contribution in [2.75, 3.05) is 6.61 Å². The summed E-state index contributed by atoms with van der Waals surface area (Å²) in [5.41, 5.74) is 2.22. The zero-order valence-corrected chi connectivity index (χ0v) is 18.6. The van der Waals surface area contributed by atoms with Crippen LogP contribution in [0, 0.1) is 5.92 Å². The summed E-state index contributed by atoms with van der Waals surface area (Å²) in [7, 11) is 0. The summed E-state index contributed by atoms with van der Waals surface area (Å²) in [4.78, 5) is 0. The molecule has 1 aliphatic heterocycles. The van der Waals surface area contributed by atoms with Crippen molar-refractivity contribution in [3.05, 3.63) is 71.8 Å². The second-order valence-corrected chi connectivity index (χ2v) is 9.46. The van der Waals surface area contributed by atoms with E-state index in [0.717, 1.165) is 43.2 Å². The smallest absolute Gasteiger partial charge is 0.169 e. The van der Waals surface area contributed by atoms with Gasteiger partial charge in [0, 0.05) is 18.8 Å². The van der Waals surface area contributed by atoms with Crippen molar-refractivity contribution in [1.29, 1.82) is 0 Å². The van der Waals surface area contributed by atoms with Crippen molar-refractivity contribution in [1.82, 2.24) is 0 Å². The van der Waals surface area contributed by atoms with Gasteiger partial charge in [0.05, 0.1) is 32.0 Å². The molecular formula is C27H34O5. The van der Waals surface area contributed by atoms with Crippen LogP contribution in [0.2, 0.25) is 0 Å². The van der Waals surface area contributed by atoms with E-state index in [2.05, 4.69) is 12.1 Å². The van der Waals surface area contributed by atoms with Crippen molar-refractivity contribution >= 4 is 0 Å². The Morgan fingerprint density at radius 1 is 0.844 bits per heavy atom. The zero-order chi connectivity index (χ0) is 21.8. The van der Waals surface area contributed by atoms with Gasteiger partial charge in [-0.2, -0.15) is 0 Å². The van der Waals surface area contributed by atoms with Gasteiger partial charge >= 0.3 is 0 Å². The topological polar surface area (TPSA) is 57.2 Å². The quantitative estimate of drug-likeness (QED) is 0.684. The van der Waals surface area contributed by atoms with E-state index < -0.39 is 18.0 Å². The van der Waals surface area contributed by atoms with E-state index >= 15 is 0 Å². The Bertz CT molecular complexity index is 836. The average Bonchev–Trinajstić information content (AvgIpc) is 3.17. The second kappa shape index (κ2) is 10.0. The highest BCUT2D eigenvalue weighted by Gasteiger charge is 2.56. The highest BCUT2D eigenvalue weighted by Crippen LogP contribution is 2.46. The fourth-order valence-electron chi connectivity index (χ4n) is 5.41. The van der Waals surface area contributed by atoms with E-state index in [0.29, 0.717) is 19.8 Å². The van der Waals surface area contributed by atoms with Crippen LogP contribution in [0.15, 0.2) is 60.7 Å². The van der Waals surface area contributed by atoms with Gasteiger partial charge in [-0.05, 0) is 30.4 Å². The lowest BCUT2D eigenvalue weighted by Crippen LogP contribution is -2.54. The van der Waals surface area contributed by atoms with Gasteiger partial charge in [0.15, 0.2) is 5.79 Å². The minimum atomic E-state index is -0.655. The maximum Gasteiger partial charge on any atom is 0.169 e. The van der Waals surface area contributed by atoms with Crippen molar-refractivity contribution in [2.45, 2.75) is 81.9 Å². The van der Waals surface area contributed by atoms with Crippen LogP contribution in [0.1, 0.15) is 49.7 Å². The number of aliphatic hydroxyl groups is 1. The largest absolute Gasteiger partial charge is 0.390 e. The Morgan fingerprint density at radius 2 is 1.50 bits per heavy atom. The van der Waals surface area contributed by atoms with E-state index in [9.17, 15) is 5.11 Å². The van der Waals surface area contributed by atoms with E-state index in [4.69, 9.17) is 18.9 Å². The highest BCUT2D eigenvalue weighted by molar-refractivity contribution is 5.14. The monoisotopic (exact) mass is 438 g/mol. The van der Waals surface area contributed by atoms with E-state index in [1.54, 1.807) is 0 Å². The standard InChI is InChI=1S/C27H34O5/c28-24-22(19-29-17-20-10-4-1-5-11-20)16-23-25(32-27(31-23)14-8-3-9-15-27)26(24)30-18-21-12-6-2-7-13-21/h1-2,4-7,10-13,22-26,28H,3,8-9,14-19H2/t22-,23-,24-,25-,26+/m1/s1. The molecule has 2 aromatic carbocycles. The molecule has 5 heteroatoms. The Kier molecular flexibility index (Phi) is 6.91. The molecule has 0 radical (unpaired) electrons. The summed E-state index contributed by atoms with van der Waals surface area (Å²) >= 11 is 0. The average molecular weight is 439 g/mol. The van der Waals surface area contributed by atoms with E-state index in [1.807, 2.05) is 48.5 Å². The molecule has 2 aliphatic carbocycles. The lowest BCUT2D eigenvalue weighted by atomic mass is 9.81. The molecule has 3 fully saturated rings. The third-order valence-corrected chi connectivity index (χ3v) is 7.11. The molecule has 2 aromatic rings. The molecule has 0 amide bonds. The number of benzene rings is 2. The van der Waals surface area contributed by atoms with Crippen molar-refractivity contribution < 1.29 is 24.1 Å². The molecule has 0 bridgehead atoms. The van der Waals surface area contributed by atoms with Crippen LogP contribution in [0.4, 0.5) is 0 Å². The number of hydrogen-bond acceptors (Lipinski definition) is 5. The summed E-state index contributed by atoms with van der Waals surface area (Å²) in [6.07, 6.45) is 4.68.